The molecule has 0 amide bonds. The van der Waals surface area contributed by atoms with E-state index >= 15 is 0 Å². The average Bonchev–Trinajstić information content (AvgIpc) is 2.47. The third-order valence-corrected chi connectivity index (χ3v) is 3.81. The van der Waals surface area contributed by atoms with E-state index in [0.717, 1.165) is 21.6 Å². The molecule has 0 aliphatic heterocycles. The van der Waals surface area contributed by atoms with E-state index in [4.69, 9.17) is 16.3 Å². The van der Waals surface area contributed by atoms with Crippen molar-refractivity contribution in [2.24, 2.45) is 0 Å². The maximum atomic E-state index is 5.87. The summed E-state index contributed by atoms with van der Waals surface area (Å²) < 4.78 is 5.08. The van der Waals surface area contributed by atoms with Crippen LogP contribution in [0.1, 0.15) is 11.4 Å². The first kappa shape index (κ1) is 15.1. The van der Waals surface area contributed by atoms with Gasteiger partial charge >= 0.3 is 0 Å². The Bertz CT molecular complexity index is 563. The number of hydrogen-bond donors (Lipinski definition) is 1. The van der Waals surface area contributed by atoms with Crippen molar-refractivity contribution in [3.05, 3.63) is 46.7 Å². The van der Waals surface area contributed by atoms with Crippen LogP contribution in [0.15, 0.2) is 35.4 Å². The normalized spacial score (nSPS) is 10.6. The van der Waals surface area contributed by atoms with Crippen LogP contribution in [0.5, 0.6) is 0 Å². The van der Waals surface area contributed by atoms with Crippen molar-refractivity contribution in [3.8, 4) is 0 Å². The van der Waals surface area contributed by atoms with E-state index in [0.29, 0.717) is 12.4 Å². The lowest BCUT2D eigenvalue weighted by Crippen LogP contribution is -2.02. The van der Waals surface area contributed by atoms with Gasteiger partial charge in [-0.05, 0) is 17.7 Å². The molecule has 106 valence electrons. The molecular formula is C14H16ClN3OS. The second-order valence-corrected chi connectivity index (χ2v) is 5.54. The van der Waals surface area contributed by atoms with Crippen LogP contribution in [0.2, 0.25) is 5.02 Å². The summed E-state index contributed by atoms with van der Waals surface area (Å²) in [7, 11) is 3.47. The molecule has 0 radical (unpaired) electrons. The van der Waals surface area contributed by atoms with Crippen molar-refractivity contribution in [2.45, 2.75) is 17.4 Å². The quantitative estimate of drug-likeness (QED) is 0.652. The average molecular weight is 310 g/mol. The van der Waals surface area contributed by atoms with Gasteiger partial charge in [0.25, 0.3) is 0 Å². The van der Waals surface area contributed by atoms with Gasteiger partial charge in [0.1, 0.15) is 17.5 Å². The zero-order valence-electron chi connectivity index (χ0n) is 11.4. The first-order valence-electron chi connectivity index (χ1n) is 6.13. The Kier molecular flexibility index (Phi) is 5.64. The predicted molar refractivity (Wildman–Crippen MR) is 83.3 cm³/mol. The number of anilines is 1. The number of aromatic nitrogens is 2. The number of benzene rings is 1. The van der Waals surface area contributed by atoms with Gasteiger partial charge in [0.15, 0.2) is 5.82 Å². The van der Waals surface area contributed by atoms with Crippen LogP contribution < -0.4 is 5.32 Å². The minimum absolute atomic E-state index is 0.407. The zero-order valence-corrected chi connectivity index (χ0v) is 13.0. The molecular weight excluding hydrogens is 294 g/mol. The van der Waals surface area contributed by atoms with Crippen LogP contribution >= 0.6 is 23.4 Å². The fourth-order valence-corrected chi connectivity index (χ4v) is 2.60. The van der Waals surface area contributed by atoms with E-state index < -0.39 is 0 Å². The number of methoxy groups -OCH3 is 1. The second kappa shape index (κ2) is 7.47. The topological polar surface area (TPSA) is 47.0 Å². The summed E-state index contributed by atoms with van der Waals surface area (Å²) in [4.78, 5) is 8.79. The van der Waals surface area contributed by atoms with Crippen molar-refractivity contribution in [2.75, 3.05) is 19.5 Å². The minimum Gasteiger partial charge on any atom is -0.377 e. The Labute approximate surface area is 127 Å². The number of ether oxygens (including phenoxy) is 1. The highest BCUT2D eigenvalue weighted by molar-refractivity contribution is 7.98. The molecule has 0 spiro atoms. The third-order valence-electron chi connectivity index (χ3n) is 2.58. The fourth-order valence-electron chi connectivity index (χ4n) is 1.61. The summed E-state index contributed by atoms with van der Waals surface area (Å²) in [6.07, 6.45) is 0. The highest BCUT2D eigenvalue weighted by Crippen LogP contribution is 2.23. The number of halogens is 1. The molecule has 0 saturated carbocycles. The largest absolute Gasteiger partial charge is 0.377 e. The number of hydrogen-bond acceptors (Lipinski definition) is 5. The fraction of sp³-hybridized carbons (Fsp3) is 0.286. The van der Waals surface area contributed by atoms with E-state index in [2.05, 4.69) is 15.3 Å². The summed E-state index contributed by atoms with van der Waals surface area (Å²) >= 11 is 7.53. The van der Waals surface area contributed by atoms with Crippen LogP contribution in [0, 0.1) is 0 Å². The number of nitrogens with zero attached hydrogens (tertiary/aromatic N) is 2. The second-order valence-electron chi connectivity index (χ2n) is 4.11. The monoisotopic (exact) mass is 309 g/mol. The lowest BCUT2D eigenvalue weighted by molar-refractivity contribution is 0.177. The smallest absolute Gasteiger partial charge is 0.157 e. The Balaban J connectivity index is 2.07. The Morgan fingerprint density at radius 2 is 2.00 bits per heavy atom. The zero-order chi connectivity index (χ0) is 14.4. The first-order valence-corrected chi connectivity index (χ1v) is 7.49. The number of thioether (sulfide) groups is 1. The van der Waals surface area contributed by atoms with Crippen molar-refractivity contribution in [1.82, 2.24) is 9.97 Å². The molecule has 0 fully saturated rings. The van der Waals surface area contributed by atoms with Gasteiger partial charge in [-0.3, -0.25) is 0 Å². The molecule has 1 aromatic heterocycles. The lowest BCUT2D eigenvalue weighted by Gasteiger charge is -2.07. The molecule has 6 heteroatoms. The van der Waals surface area contributed by atoms with Crippen molar-refractivity contribution < 1.29 is 4.74 Å². The highest BCUT2D eigenvalue weighted by Gasteiger charge is 2.05. The Morgan fingerprint density at radius 3 is 2.65 bits per heavy atom. The number of nitrogens with one attached hydrogen (secondary N) is 1. The molecule has 4 nitrogen and oxygen atoms in total. The van der Waals surface area contributed by atoms with E-state index in [1.165, 1.54) is 5.56 Å². The molecule has 2 aromatic rings. The van der Waals surface area contributed by atoms with Gasteiger partial charge in [0, 0.05) is 31.0 Å². The lowest BCUT2D eigenvalue weighted by atomic mass is 10.2. The van der Waals surface area contributed by atoms with E-state index in [1.54, 1.807) is 18.9 Å². The van der Waals surface area contributed by atoms with Crippen LogP contribution in [0.3, 0.4) is 0 Å². The molecule has 0 unspecified atom stereocenters. The van der Waals surface area contributed by atoms with Gasteiger partial charge in [-0.1, -0.05) is 23.7 Å². The molecule has 0 aliphatic rings. The molecule has 0 saturated heterocycles. The molecule has 2 rings (SSSR count). The SMILES string of the molecule is CNc1cc(SCc2ccc(Cl)cc2)nc(COC)n1. The van der Waals surface area contributed by atoms with Crippen LogP contribution in [0.25, 0.3) is 0 Å². The molecule has 1 aromatic carbocycles. The first-order chi connectivity index (χ1) is 9.71. The maximum Gasteiger partial charge on any atom is 0.157 e. The van der Waals surface area contributed by atoms with E-state index in [1.807, 2.05) is 37.4 Å². The standard InChI is InChI=1S/C14H16ClN3OS/c1-16-12-7-14(18-13(17-12)8-19-2)20-9-10-3-5-11(15)6-4-10/h3-7H,8-9H2,1-2H3,(H,16,17,18). The maximum absolute atomic E-state index is 5.87. The Hall–Kier alpha value is -1.30. The van der Waals surface area contributed by atoms with Crippen molar-refractivity contribution in [1.29, 1.82) is 0 Å². The Morgan fingerprint density at radius 1 is 1.25 bits per heavy atom. The summed E-state index contributed by atoms with van der Waals surface area (Å²) in [6, 6.07) is 9.76. The van der Waals surface area contributed by atoms with Crippen LogP contribution in [-0.2, 0) is 17.1 Å². The molecule has 0 bridgehead atoms. The van der Waals surface area contributed by atoms with Gasteiger partial charge < -0.3 is 10.1 Å². The van der Waals surface area contributed by atoms with Crippen LogP contribution in [-0.4, -0.2) is 24.1 Å². The molecule has 0 aliphatic carbocycles. The van der Waals surface area contributed by atoms with E-state index in [9.17, 15) is 0 Å². The van der Waals surface area contributed by atoms with Crippen molar-refractivity contribution >= 4 is 29.2 Å². The van der Waals surface area contributed by atoms with E-state index in [-0.39, 0.29) is 0 Å². The van der Waals surface area contributed by atoms with Crippen LogP contribution in [0.4, 0.5) is 5.82 Å². The molecule has 1 N–H and O–H groups in total. The predicted octanol–water partition coefficient (Wildman–Crippen LogP) is 3.61. The minimum atomic E-state index is 0.407. The van der Waals surface area contributed by atoms with Gasteiger partial charge in [-0.15, -0.1) is 11.8 Å². The van der Waals surface area contributed by atoms with Gasteiger partial charge in [-0.2, -0.15) is 0 Å². The molecule has 20 heavy (non-hydrogen) atoms. The van der Waals surface area contributed by atoms with Gasteiger partial charge in [0.2, 0.25) is 0 Å². The summed E-state index contributed by atoms with van der Waals surface area (Å²) in [5.41, 5.74) is 1.21. The van der Waals surface area contributed by atoms with Gasteiger partial charge in [0.05, 0.1) is 0 Å². The molecule has 1 heterocycles. The van der Waals surface area contributed by atoms with Gasteiger partial charge in [-0.25, -0.2) is 9.97 Å². The third kappa shape index (κ3) is 4.37. The number of rotatable bonds is 6. The summed E-state index contributed by atoms with van der Waals surface area (Å²) in [5, 5.41) is 4.71. The van der Waals surface area contributed by atoms with Crippen molar-refractivity contribution in [3.63, 3.8) is 0 Å². The summed E-state index contributed by atoms with van der Waals surface area (Å²) in [6.45, 7) is 0.407. The summed E-state index contributed by atoms with van der Waals surface area (Å²) in [5.74, 6) is 2.31. The molecule has 0 atom stereocenters. The highest BCUT2D eigenvalue weighted by atomic mass is 35.5.